The van der Waals surface area contributed by atoms with Gasteiger partial charge in [-0.3, -0.25) is 14.5 Å². The van der Waals surface area contributed by atoms with Crippen LogP contribution < -0.4 is 10.5 Å². The molecular formula is C30H49N3O4. The maximum Gasteiger partial charge on any atom is 0.308 e. The number of carbonyl (C=O) groups is 2. The monoisotopic (exact) mass is 515 g/mol. The lowest BCUT2D eigenvalue weighted by Crippen LogP contribution is -2.46. The van der Waals surface area contributed by atoms with E-state index in [0.29, 0.717) is 26.2 Å². The Balaban J connectivity index is 1.88. The fraction of sp³-hybridized carbons (Fsp3) is 0.733. The van der Waals surface area contributed by atoms with E-state index in [9.17, 15) is 14.7 Å². The molecular weight excluding hydrogens is 466 g/mol. The average Bonchev–Trinajstić information content (AvgIpc) is 3.45. The first-order chi connectivity index (χ1) is 17.7. The Labute approximate surface area is 223 Å². The lowest BCUT2D eigenvalue weighted by Gasteiger charge is -2.35. The number of benzene rings is 1. The van der Waals surface area contributed by atoms with Crippen molar-refractivity contribution in [3.05, 3.63) is 29.3 Å². The maximum absolute atomic E-state index is 13.6. The van der Waals surface area contributed by atoms with Gasteiger partial charge in [0.15, 0.2) is 0 Å². The van der Waals surface area contributed by atoms with Crippen molar-refractivity contribution in [2.45, 2.75) is 91.0 Å². The third kappa shape index (κ3) is 7.70. The number of nitrogens with two attached hydrogens (primary N) is 1. The minimum absolute atomic E-state index is 0.00188. The second kappa shape index (κ2) is 13.6. The van der Waals surface area contributed by atoms with Crippen LogP contribution in [-0.2, 0) is 16.0 Å². The largest absolute Gasteiger partial charge is 0.493 e. The normalized spacial score (nSPS) is 21.6. The number of hydrogen-bond acceptors (Lipinski definition) is 5. The summed E-state index contributed by atoms with van der Waals surface area (Å²) in [6, 6.07) is 5.98. The van der Waals surface area contributed by atoms with Crippen LogP contribution >= 0.6 is 0 Å². The van der Waals surface area contributed by atoms with E-state index in [1.807, 2.05) is 17.0 Å². The van der Waals surface area contributed by atoms with E-state index in [4.69, 9.17) is 10.5 Å². The fourth-order valence-corrected chi connectivity index (χ4v) is 6.30. The van der Waals surface area contributed by atoms with Gasteiger partial charge in [-0.15, -0.1) is 0 Å². The third-order valence-electron chi connectivity index (χ3n) is 8.22. The average molecular weight is 516 g/mol. The fourth-order valence-electron chi connectivity index (χ4n) is 6.30. The number of hydrogen-bond donors (Lipinski definition) is 2. The van der Waals surface area contributed by atoms with Crippen molar-refractivity contribution >= 4 is 11.9 Å². The van der Waals surface area contributed by atoms with E-state index >= 15 is 0 Å². The molecule has 2 aliphatic heterocycles. The number of rotatable bonds is 15. The van der Waals surface area contributed by atoms with E-state index in [0.717, 1.165) is 74.8 Å². The molecule has 0 spiro atoms. The summed E-state index contributed by atoms with van der Waals surface area (Å²) < 4.78 is 5.69. The zero-order valence-corrected chi connectivity index (χ0v) is 23.5. The lowest BCUT2D eigenvalue weighted by molar-refractivity contribution is -0.144. The Hall–Kier alpha value is -2.12. The molecule has 2 aliphatic rings. The van der Waals surface area contributed by atoms with Crippen LogP contribution in [-0.4, -0.2) is 72.2 Å². The number of carboxylic acid groups (broad SMARTS) is 1. The molecule has 0 aliphatic carbocycles. The molecule has 0 radical (unpaired) electrons. The van der Waals surface area contributed by atoms with Crippen molar-refractivity contribution in [2.75, 3.05) is 39.3 Å². The van der Waals surface area contributed by atoms with Gasteiger partial charge in [0.05, 0.1) is 19.1 Å². The molecule has 2 heterocycles. The predicted octanol–water partition coefficient (Wildman–Crippen LogP) is 4.67. The van der Waals surface area contributed by atoms with Gasteiger partial charge in [-0.2, -0.15) is 0 Å². The number of nitrogens with zero attached hydrogens (tertiary/aromatic N) is 2. The van der Waals surface area contributed by atoms with Gasteiger partial charge in [0.25, 0.3) is 0 Å². The highest BCUT2D eigenvalue weighted by Crippen LogP contribution is 2.44. The number of amides is 1. The maximum atomic E-state index is 13.6. The zero-order valence-electron chi connectivity index (χ0n) is 23.5. The quantitative estimate of drug-likeness (QED) is 0.330. The minimum Gasteiger partial charge on any atom is -0.493 e. The van der Waals surface area contributed by atoms with Gasteiger partial charge < -0.3 is 20.5 Å². The molecule has 3 rings (SSSR count). The van der Waals surface area contributed by atoms with Crippen LogP contribution in [0.4, 0.5) is 0 Å². The van der Waals surface area contributed by atoms with Crippen molar-refractivity contribution in [3.63, 3.8) is 0 Å². The molecule has 208 valence electrons. The van der Waals surface area contributed by atoms with Crippen LogP contribution in [0.2, 0.25) is 0 Å². The molecule has 1 aromatic carbocycles. The summed E-state index contributed by atoms with van der Waals surface area (Å²) in [7, 11) is 0. The second-order valence-corrected chi connectivity index (χ2v) is 11.8. The Morgan fingerprint density at radius 2 is 1.92 bits per heavy atom. The first-order valence-electron chi connectivity index (χ1n) is 14.4. The van der Waals surface area contributed by atoms with E-state index < -0.39 is 11.9 Å². The van der Waals surface area contributed by atoms with Crippen molar-refractivity contribution in [1.29, 1.82) is 0 Å². The Morgan fingerprint density at radius 3 is 2.59 bits per heavy atom. The summed E-state index contributed by atoms with van der Waals surface area (Å²) in [5, 5.41) is 10.5. The molecule has 1 amide bonds. The van der Waals surface area contributed by atoms with Gasteiger partial charge in [-0.05, 0) is 61.3 Å². The summed E-state index contributed by atoms with van der Waals surface area (Å²) in [6.07, 6.45) is 7.50. The molecule has 7 nitrogen and oxygen atoms in total. The third-order valence-corrected chi connectivity index (χ3v) is 8.22. The molecule has 3 atom stereocenters. The summed E-state index contributed by atoms with van der Waals surface area (Å²) in [5.74, 6) is -0.452. The van der Waals surface area contributed by atoms with E-state index in [2.05, 4.69) is 38.7 Å². The lowest BCUT2D eigenvalue weighted by atomic mass is 9.76. The molecule has 7 heteroatoms. The summed E-state index contributed by atoms with van der Waals surface area (Å²) >= 11 is 0. The minimum atomic E-state index is -0.764. The van der Waals surface area contributed by atoms with E-state index in [1.54, 1.807) is 0 Å². The summed E-state index contributed by atoms with van der Waals surface area (Å²) in [6.45, 7) is 12.4. The molecule has 0 bridgehead atoms. The second-order valence-electron chi connectivity index (χ2n) is 11.8. The van der Waals surface area contributed by atoms with Crippen LogP contribution in [0.1, 0.15) is 89.7 Å². The number of unbranched alkanes of at least 4 members (excludes halogenated alkanes) is 2. The standard InChI is InChI=1S/C30H49N3O4/c1-5-7-15-32(16-9-8-14-31)27(34)21-33-20-24(22-10-11-26-23(18-22)12-17-37-26)28(29(35)36)25(33)19-30(3,4)13-6-2/h10-11,18,24-25,28H,5-9,12-17,19-21,31H2,1-4H3,(H,35,36)/t24-,25+,28?/m1/s1. The molecule has 37 heavy (non-hydrogen) atoms. The van der Waals surface area contributed by atoms with Gasteiger partial charge in [0.1, 0.15) is 5.75 Å². The van der Waals surface area contributed by atoms with Gasteiger partial charge in [0.2, 0.25) is 5.91 Å². The smallest absolute Gasteiger partial charge is 0.308 e. The molecule has 1 saturated heterocycles. The highest BCUT2D eigenvalue weighted by atomic mass is 16.5. The number of likely N-dealkylation sites (tertiary alicyclic amines) is 1. The Morgan fingerprint density at radius 1 is 1.16 bits per heavy atom. The highest BCUT2D eigenvalue weighted by Gasteiger charge is 2.48. The van der Waals surface area contributed by atoms with Crippen molar-refractivity contribution in [2.24, 2.45) is 17.1 Å². The Kier molecular flexibility index (Phi) is 10.8. The first kappa shape index (κ1) is 29.4. The van der Waals surface area contributed by atoms with Crippen molar-refractivity contribution in [1.82, 2.24) is 9.80 Å². The predicted molar refractivity (Wildman–Crippen MR) is 148 cm³/mol. The molecule has 3 N–H and O–H groups in total. The van der Waals surface area contributed by atoms with Gasteiger partial charge >= 0.3 is 5.97 Å². The molecule has 1 aromatic rings. The van der Waals surface area contributed by atoms with Gasteiger partial charge in [0, 0.05) is 38.0 Å². The Bertz CT molecular complexity index is 903. The van der Waals surface area contributed by atoms with Crippen LogP contribution in [0, 0.1) is 11.3 Å². The van der Waals surface area contributed by atoms with Crippen LogP contribution in [0.15, 0.2) is 18.2 Å². The van der Waals surface area contributed by atoms with E-state index in [-0.39, 0.29) is 29.8 Å². The summed E-state index contributed by atoms with van der Waals surface area (Å²) in [4.78, 5) is 30.6. The number of carbonyl (C=O) groups excluding carboxylic acids is 1. The number of fused-ring (bicyclic) bond motifs is 1. The van der Waals surface area contributed by atoms with Crippen LogP contribution in [0.5, 0.6) is 5.75 Å². The zero-order chi connectivity index (χ0) is 27.0. The SMILES string of the molecule is CCCCN(CCCCN)C(=O)CN1C[C@H](c2ccc3c(c2)CCO3)C(C(=O)O)[C@@H]1CC(C)(C)CCC. The molecule has 1 fully saturated rings. The van der Waals surface area contributed by atoms with Gasteiger partial charge in [-0.25, -0.2) is 0 Å². The number of carboxylic acids is 1. The first-order valence-corrected chi connectivity index (χ1v) is 14.4. The highest BCUT2D eigenvalue weighted by molar-refractivity contribution is 5.79. The van der Waals surface area contributed by atoms with Crippen LogP contribution in [0.3, 0.4) is 0 Å². The molecule has 0 saturated carbocycles. The van der Waals surface area contributed by atoms with Gasteiger partial charge in [-0.1, -0.05) is 52.7 Å². The van der Waals surface area contributed by atoms with Crippen LogP contribution in [0.25, 0.3) is 0 Å². The number of ether oxygens (including phenoxy) is 1. The van der Waals surface area contributed by atoms with E-state index in [1.165, 1.54) is 0 Å². The van der Waals surface area contributed by atoms with Crippen molar-refractivity contribution < 1.29 is 19.4 Å². The molecule has 0 aromatic heterocycles. The number of aliphatic carboxylic acids is 1. The van der Waals surface area contributed by atoms with Crippen molar-refractivity contribution in [3.8, 4) is 5.75 Å². The molecule has 1 unspecified atom stereocenters. The summed E-state index contributed by atoms with van der Waals surface area (Å²) in [5.41, 5.74) is 7.90. The topological polar surface area (TPSA) is 96.1 Å².